The fourth-order valence-corrected chi connectivity index (χ4v) is 3.97. The van der Waals surface area contributed by atoms with Crippen molar-refractivity contribution in [2.75, 3.05) is 11.5 Å². The monoisotopic (exact) mass is 500 g/mol. The zero-order valence-corrected chi connectivity index (χ0v) is 20.3. The molecule has 0 saturated carbocycles. The largest absolute Gasteiger partial charge is 0.423 e. The van der Waals surface area contributed by atoms with Crippen LogP contribution in [0.5, 0.6) is 11.5 Å². The van der Waals surface area contributed by atoms with Crippen LogP contribution in [0, 0.1) is 0 Å². The number of anilines is 2. The Morgan fingerprint density at radius 1 is 0.474 bits per heavy atom. The second-order valence-electron chi connectivity index (χ2n) is 8.62. The van der Waals surface area contributed by atoms with Gasteiger partial charge in [0.2, 0.25) is 0 Å². The van der Waals surface area contributed by atoms with Crippen LogP contribution < -0.4 is 20.9 Å². The van der Waals surface area contributed by atoms with Gasteiger partial charge in [0.15, 0.2) is 0 Å². The minimum atomic E-state index is -0.473. The normalized spacial score (nSPS) is 10.5. The maximum atomic E-state index is 12.9. The Morgan fingerprint density at radius 3 is 1.50 bits per heavy atom. The van der Waals surface area contributed by atoms with Crippen LogP contribution in [0.1, 0.15) is 20.7 Å². The van der Waals surface area contributed by atoms with E-state index in [0.29, 0.717) is 34.0 Å². The van der Waals surface area contributed by atoms with Gasteiger partial charge in [0.1, 0.15) is 11.5 Å². The lowest BCUT2D eigenvalue weighted by Gasteiger charge is -2.13. The Balaban J connectivity index is 1.43. The van der Waals surface area contributed by atoms with Gasteiger partial charge in [-0.05, 0) is 95.1 Å². The highest BCUT2D eigenvalue weighted by atomic mass is 16.5. The van der Waals surface area contributed by atoms with Crippen molar-refractivity contribution in [3.8, 4) is 33.8 Å². The predicted octanol–water partition coefficient (Wildman–Crippen LogP) is 6.62. The van der Waals surface area contributed by atoms with Gasteiger partial charge in [0.25, 0.3) is 0 Å². The number of hydrogen-bond donors (Lipinski definition) is 2. The van der Waals surface area contributed by atoms with Crippen molar-refractivity contribution >= 4 is 23.3 Å². The first-order valence-corrected chi connectivity index (χ1v) is 11.9. The lowest BCUT2D eigenvalue weighted by molar-refractivity contribution is 0.0725. The molecule has 0 heterocycles. The van der Waals surface area contributed by atoms with Crippen molar-refractivity contribution in [2.24, 2.45) is 0 Å². The number of carbonyl (C=O) groups is 2. The Bertz CT molecular complexity index is 1580. The van der Waals surface area contributed by atoms with Gasteiger partial charge in [-0.15, -0.1) is 0 Å². The Hall–Kier alpha value is -5.36. The average Bonchev–Trinajstić information content (AvgIpc) is 2.95. The molecule has 5 rings (SSSR count). The second-order valence-corrected chi connectivity index (χ2v) is 8.62. The summed E-state index contributed by atoms with van der Waals surface area (Å²) >= 11 is 0. The first-order valence-electron chi connectivity index (χ1n) is 11.9. The van der Waals surface area contributed by atoms with Crippen LogP contribution in [0.25, 0.3) is 22.3 Å². The highest BCUT2D eigenvalue weighted by Crippen LogP contribution is 2.33. The zero-order valence-electron chi connectivity index (χ0n) is 20.3. The average molecular weight is 501 g/mol. The SMILES string of the molecule is Nc1ccc(OC(=O)c2ccc(-c3ccc(C(=O)Oc4ccc(N)cc4)cc3-c3ccccc3)cc2)cc1. The number of esters is 2. The molecule has 6 heteroatoms. The summed E-state index contributed by atoms with van der Waals surface area (Å²) < 4.78 is 11.0. The van der Waals surface area contributed by atoms with Crippen molar-refractivity contribution in [1.29, 1.82) is 0 Å². The van der Waals surface area contributed by atoms with Gasteiger partial charge in [-0.3, -0.25) is 0 Å². The van der Waals surface area contributed by atoms with E-state index >= 15 is 0 Å². The summed E-state index contributed by atoms with van der Waals surface area (Å²) in [6.07, 6.45) is 0. The number of benzene rings is 5. The first kappa shape index (κ1) is 24.3. The van der Waals surface area contributed by atoms with Crippen molar-refractivity contribution in [2.45, 2.75) is 0 Å². The van der Waals surface area contributed by atoms with E-state index in [9.17, 15) is 9.59 Å². The Morgan fingerprint density at radius 2 is 0.947 bits per heavy atom. The molecule has 0 amide bonds. The number of ether oxygens (including phenoxy) is 2. The quantitative estimate of drug-likeness (QED) is 0.154. The van der Waals surface area contributed by atoms with E-state index in [1.54, 1.807) is 66.7 Å². The molecule has 6 nitrogen and oxygen atoms in total. The van der Waals surface area contributed by atoms with E-state index in [1.165, 1.54) is 0 Å². The number of rotatable bonds is 6. The molecular weight excluding hydrogens is 476 g/mol. The summed E-state index contributed by atoms with van der Waals surface area (Å²) in [6.45, 7) is 0. The molecular formula is C32H24N2O4. The molecule has 5 aromatic carbocycles. The fourth-order valence-electron chi connectivity index (χ4n) is 3.97. The molecule has 0 spiro atoms. The molecule has 0 aliphatic heterocycles. The van der Waals surface area contributed by atoms with E-state index < -0.39 is 11.9 Å². The highest BCUT2D eigenvalue weighted by molar-refractivity contribution is 5.96. The van der Waals surface area contributed by atoms with Crippen LogP contribution in [0.4, 0.5) is 11.4 Å². The van der Waals surface area contributed by atoms with Crippen LogP contribution in [0.3, 0.4) is 0 Å². The van der Waals surface area contributed by atoms with Crippen LogP contribution >= 0.6 is 0 Å². The van der Waals surface area contributed by atoms with Crippen LogP contribution in [-0.4, -0.2) is 11.9 Å². The molecule has 5 aromatic rings. The van der Waals surface area contributed by atoms with Gasteiger partial charge in [-0.25, -0.2) is 9.59 Å². The molecule has 0 atom stereocenters. The smallest absolute Gasteiger partial charge is 0.343 e. The Labute approximate surface area is 220 Å². The van der Waals surface area contributed by atoms with Crippen LogP contribution in [0.15, 0.2) is 121 Å². The third-order valence-electron chi connectivity index (χ3n) is 5.95. The minimum Gasteiger partial charge on any atom is -0.423 e. The van der Waals surface area contributed by atoms with Gasteiger partial charge >= 0.3 is 11.9 Å². The van der Waals surface area contributed by atoms with Crippen LogP contribution in [0.2, 0.25) is 0 Å². The molecule has 0 fully saturated rings. The van der Waals surface area contributed by atoms with E-state index in [0.717, 1.165) is 22.3 Å². The minimum absolute atomic E-state index is 0.410. The van der Waals surface area contributed by atoms with E-state index in [4.69, 9.17) is 20.9 Å². The first-order chi connectivity index (χ1) is 18.5. The number of nitrogens with two attached hydrogens (primary N) is 2. The van der Waals surface area contributed by atoms with Gasteiger partial charge < -0.3 is 20.9 Å². The van der Waals surface area contributed by atoms with Crippen molar-refractivity contribution in [3.05, 3.63) is 132 Å². The second kappa shape index (κ2) is 10.7. The van der Waals surface area contributed by atoms with E-state index in [1.807, 2.05) is 54.6 Å². The Kier molecular flexibility index (Phi) is 6.87. The summed E-state index contributed by atoms with van der Waals surface area (Å²) in [5.74, 6) is -0.110. The number of nitrogen functional groups attached to an aromatic ring is 2. The maximum absolute atomic E-state index is 12.9. The third kappa shape index (κ3) is 5.55. The van der Waals surface area contributed by atoms with E-state index in [2.05, 4.69) is 0 Å². The molecule has 4 N–H and O–H groups in total. The van der Waals surface area contributed by atoms with Gasteiger partial charge in [0, 0.05) is 11.4 Å². The summed E-state index contributed by atoms with van der Waals surface area (Å²) in [4.78, 5) is 25.5. The number of hydrogen-bond acceptors (Lipinski definition) is 6. The summed E-state index contributed by atoms with van der Waals surface area (Å²) in [6, 6.07) is 35.6. The highest BCUT2D eigenvalue weighted by Gasteiger charge is 2.15. The molecule has 0 bridgehead atoms. The van der Waals surface area contributed by atoms with Crippen molar-refractivity contribution < 1.29 is 19.1 Å². The topological polar surface area (TPSA) is 105 Å². The molecule has 0 aromatic heterocycles. The lowest BCUT2D eigenvalue weighted by atomic mass is 9.92. The third-order valence-corrected chi connectivity index (χ3v) is 5.95. The molecule has 0 radical (unpaired) electrons. The summed E-state index contributed by atoms with van der Waals surface area (Å²) in [5, 5.41) is 0. The maximum Gasteiger partial charge on any atom is 0.343 e. The van der Waals surface area contributed by atoms with Crippen molar-refractivity contribution in [3.63, 3.8) is 0 Å². The van der Waals surface area contributed by atoms with Gasteiger partial charge in [-0.2, -0.15) is 0 Å². The molecule has 0 unspecified atom stereocenters. The molecule has 0 aliphatic rings. The van der Waals surface area contributed by atoms with E-state index in [-0.39, 0.29) is 0 Å². The number of carbonyl (C=O) groups excluding carboxylic acids is 2. The molecule has 0 saturated heterocycles. The van der Waals surface area contributed by atoms with Gasteiger partial charge in [-0.1, -0.05) is 48.5 Å². The van der Waals surface area contributed by atoms with Gasteiger partial charge in [0.05, 0.1) is 11.1 Å². The van der Waals surface area contributed by atoms with Crippen molar-refractivity contribution in [1.82, 2.24) is 0 Å². The standard InChI is InChI=1S/C32H24N2O4/c33-25-11-15-27(16-12-25)37-31(35)23-8-6-22(7-9-23)29-19-10-24(20-30(29)21-4-2-1-3-5-21)32(36)38-28-17-13-26(34)14-18-28/h1-20H,33-34H2. The zero-order chi connectivity index (χ0) is 26.5. The fraction of sp³-hybridized carbons (Fsp3) is 0. The summed E-state index contributed by atoms with van der Waals surface area (Å²) in [5.41, 5.74) is 17.0. The van der Waals surface area contributed by atoms with Crippen LogP contribution in [-0.2, 0) is 0 Å². The predicted molar refractivity (Wildman–Crippen MR) is 149 cm³/mol. The molecule has 0 aliphatic carbocycles. The molecule has 186 valence electrons. The lowest BCUT2D eigenvalue weighted by Crippen LogP contribution is -2.09. The molecule has 38 heavy (non-hydrogen) atoms. The summed E-state index contributed by atoms with van der Waals surface area (Å²) in [7, 11) is 0.